The van der Waals surface area contributed by atoms with Gasteiger partial charge >= 0.3 is 5.97 Å². The van der Waals surface area contributed by atoms with Crippen LogP contribution in [-0.2, 0) is 14.4 Å². The Morgan fingerprint density at radius 2 is 1.70 bits per heavy atom. The van der Waals surface area contributed by atoms with Crippen molar-refractivity contribution in [3.05, 3.63) is 0 Å². The van der Waals surface area contributed by atoms with E-state index in [9.17, 15) is 19.5 Å². The van der Waals surface area contributed by atoms with Crippen molar-refractivity contribution in [2.45, 2.75) is 46.6 Å². The highest BCUT2D eigenvalue weighted by atomic mass is 16.4. The van der Waals surface area contributed by atoms with Crippen molar-refractivity contribution in [2.24, 2.45) is 11.3 Å². The molecule has 0 aromatic rings. The van der Waals surface area contributed by atoms with Crippen molar-refractivity contribution < 1.29 is 19.5 Å². The van der Waals surface area contributed by atoms with Gasteiger partial charge < -0.3 is 15.3 Å². The molecular weight excluding hydrogens is 260 g/mol. The minimum atomic E-state index is -1.02. The Bertz CT molecular complexity index is 392. The molecular formula is C14H24N2O4. The molecule has 1 atom stereocenters. The average Bonchev–Trinajstić information content (AvgIpc) is 2.33. The number of piperidine rings is 1. The molecule has 2 amide bonds. The molecule has 6 heteroatoms. The van der Waals surface area contributed by atoms with E-state index in [1.54, 1.807) is 25.7 Å². The van der Waals surface area contributed by atoms with Crippen LogP contribution in [0.15, 0.2) is 0 Å². The third kappa shape index (κ3) is 4.21. The van der Waals surface area contributed by atoms with Crippen LogP contribution in [0.25, 0.3) is 0 Å². The van der Waals surface area contributed by atoms with Crippen LogP contribution in [0.5, 0.6) is 0 Å². The number of hydrogen-bond donors (Lipinski definition) is 2. The van der Waals surface area contributed by atoms with Crippen molar-refractivity contribution in [1.29, 1.82) is 0 Å². The summed E-state index contributed by atoms with van der Waals surface area (Å²) in [5.74, 6) is -1.45. The summed E-state index contributed by atoms with van der Waals surface area (Å²) < 4.78 is 0. The highest BCUT2D eigenvalue weighted by molar-refractivity contribution is 5.85. The summed E-state index contributed by atoms with van der Waals surface area (Å²) in [6.45, 7) is 7.97. The molecule has 0 saturated carbocycles. The Morgan fingerprint density at radius 1 is 1.20 bits per heavy atom. The molecule has 114 valence electrons. The summed E-state index contributed by atoms with van der Waals surface area (Å²) in [7, 11) is 0. The summed E-state index contributed by atoms with van der Waals surface area (Å²) >= 11 is 0. The van der Waals surface area contributed by atoms with Crippen molar-refractivity contribution in [2.75, 3.05) is 13.1 Å². The number of carbonyl (C=O) groups is 3. The predicted octanol–water partition coefficient (Wildman–Crippen LogP) is 0.860. The standard InChI is InChI=1S/C14H24N2O4/c1-9(17)16-7-5-10(6-8-16)12(18)15-11(13(19)20)14(2,3)4/h10-11H,5-8H2,1-4H3,(H,15,18)(H,19,20)/t11-/m0/s1. The monoisotopic (exact) mass is 284 g/mol. The molecule has 6 nitrogen and oxygen atoms in total. The lowest BCUT2D eigenvalue weighted by Crippen LogP contribution is -2.52. The summed E-state index contributed by atoms with van der Waals surface area (Å²) in [5, 5.41) is 11.8. The third-order valence-corrected chi connectivity index (χ3v) is 3.71. The van der Waals surface area contributed by atoms with Gasteiger partial charge in [0.05, 0.1) is 0 Å². The zero-order valence-corrected chi connectivity index (χ0v) is 12.6. The molecule has 1 saturated heterocycles. The van der Waals surface area contributed by atoms with E-state index >= 15 is 0 Å². The highest BCUT2D eigenvalue weighted by Gasteiger charge is 2.35. The number of rotatable bonds is 3. The number of likely N-dealkylation sites (tertiary alicyclic amines) is 1. The molecule has 1 aliphatic rings. The molecule has 2 N–H and O–H groups in total. The molecule has 0 bridgehead atoms. The molecule has 0 radical (unpaired) electrons. The largest absolute Gasteiger partial charge is 0.480 e. The number of carboxylic acids is 1. The summed E-state index contributed by atoms with van der Waals surface area (Å²) in [6.07, 6.45) is 1.17. The quantitative estimate of drug-likeness (QED) is 0.804. The molecule has 0 unspecified atom stereocenters. The third-order valence-electron chi connectivity index (χ3n) is 3.71. The fourth-order valence-electron chi connectivity index (χ4n) is 2.37. The molecule has 1 fully saturated rings. The minimum absolute atomic E-state index is 0.0157. The number of aliphatic carboxylic acids is 1. The first-order chi connectivity index (χ1) is 9.12. The van der Waals surface area contributed by atoms with Gasteiger partial charge in [0.15, 0.2) is 0 Å². The molecule has 0 aromatic heterocycles. The van der Waals surface area contributed by atoms with E-state index in [0.717, 1.165) is 0 Å². The second-order valence-corrected chi connectivity index (χ2v) is 6.43. The zero-order valence-electron chi connectivity index (χ0n) is 12.6. The van der Waals surface area contributed by atoms with Crippen LogP contribution < -0.4 is 5.32 Å². The lowest BCUT2D eigenvalue weighted by atomic mass is 9.86. The number of amides is 2. The van der Waals surface area contributed by atoms with E-state index in [4.69, 9.17) is 0 Å². The van der Waals surface area contributed by atoms with Gasteiger partial charge in [-0.3, -0.25) is 9.59 Å². The van der Waals surface area contributed by atoms with E-state index in [0.29, 0.717) is 25.9 Å². The number of nitrogens with one attached hydrogen (secondary N) is 1. The van der Waals surface area contributed by atoms with E-state index in [1.807, 2.05) is 0 Å². The van der Waals surface area contributed by atoms with E-state index in [-0.39, 0.29) is 17.7 Å². The Balaban J connectivity index is 2.59. The maximum absolute atomic E-state index is 12.2. The Labute approximate surface area is 119 Å². The first-order valence-electron chi connectivity index (χ1n) is 6.91. The van der Waals surface area contributed by atoms with Gasteiger partial charge in [0.1, 0.15) is 6.04 Å². The number of carbonyl (C=O) groups excluding carboxylic acids is 2. The van der Waals surface area contributed by atoms with Crippen LogP contribution in [0.1, 0.15) is 40.5 Å². The molecule has 0 aromatic carbocycles. The van der Waals surface area contributed by atoms with Crippen molar-refractivity contribution >= 4 is 17.8 Å². The number of hydrogen-bond acceptors (Lipinski definition) is 3. The fraction of sp³-hybridized carbons (Fsp3) is 0.786. The number of carboxylic acid groups (broad SMARTS) is 1. The topological polar surface area (TPSA) is 86.7 Å². The van der Waals surface area contributed by atoms with Gasteiger partial charge in [-0.1, -0.05) is 20.8 Å². The van der Waals surface area contributed by atoms with Crippen LogP contribution >= 0.6 is 0 Å². The maximum Gasteiger partial charge on any atom is 0.326 e. The smallest absolute Gasteiger partial charge is 0.326 e. The van der Waals surface area contributed by atoms with Crippen molar-refractivity contribution in [3.8, 4) is 0 Å². The molecule has 1 heterocycles. The lowest BCUT2D eigenvalue weighted by molar-refractivity contribution is -0.146. The average molecular weight is 284 g/mol. The van der Waals surface area contributed by atoms with Gasteiger partial charge in [0.25, 0.3) is 0 Å². The highest BCUT2D eigenvalue weighted by Crippen LogP contribution is 2.22. The van der Waals surface area contributed by atoms with E-state index in [2.05, 4.69) is 5.32 Å². The van der Waals surface area contributed by atoms with Crippen molar-refractivity contribution in [3.63, 3.8) is 0 Å². The Morgan fingerprint density at radius 3 is 2.05 bits per heavy atom. The first kappa shape index (κ1) is 16.5. The summed E-state index contributed by atoms with van der Waals surface area (Å²) in [4.78, 5) is 36.3. The molecule has 1 rings (SSSR count). The summed E-state index contributed by atoms with van der Waals surface area (Å²) in [6, 6.07) is -0.902. The molecule has 0 spiro atoms. The first-order valence-corrected chi connectivity index (χ1v) is 6.91. The lowest BCUT2D eigenvalue weighted by Gasteiger charge is -2.33. The Hall–Kier alpha value is -1.59. The number of nitrogens with zero attached hydrogens (tertiary/aromatic N) is 1. The van der Waals surface area contributed by atoms with Gasteiger partial charge in [-0.2, -0.15) is 0 Å². The summed E-state index contributed by atoms with van der Waals surface area (Å²) in [5.41, 5.74) is -0.540. The minimum Gasteiger partial charge on any atom is -0.480 e. The molecule has 20 heavy (non-hydrogen) atoms. The van der Waals surface area contributed by atoms with Crippen molar-refractivity contribution in [1.82, 2.24) is 10.2 Å². The fourth-order valence-corrected chi connectivity index (χ4v) is 2.37. The van der Waals surface area contributed by atoms with Crippen LogP contribution in [0.2, 0.25) is 0 Å². The predicted molar refractivity (Wildman–Crippen MR) is 74.0 cm³/mol. The SMILES string of the molecule is CC(=O)N1CCC(C(=O)N[C@@H](C(=O)O)C(C)(C)C)CC1. The Kier molecular flexibility index (Phi) is 5.14. The van der Waals surface area contributed by atoms with Crippen LogP contribution in [-0.4, -0.2) is 46.9 Å². The van der Waals surface area contributed by atoms with Crippen LogP contribution in [0.3, 0.4) is 0 Å². The van der Waals surface area contributed by atoms with E-state index < -0.39 is 17.4 Å². The molecule has 0 aliphatic carbocycles. The molecule has 1 aliphatic heterocycles. The zero-order chi connectivity index (χ0) is 15.5. The van der Waals surface area contributed by atoms with Gasteiger partial charge in [-0.25, -0.2) is 4.79 Å². The second kappa shape index (κ2) is 6.24. The van der Waals surface area contributed by atoms with Gasteiger partial charge in [0.2, 0.25) is 11.8 Å². The maximum atomic E-state index is 12.2. The van der Waals surface area contributed by atoms with Gasteiger partial charge in [-0.05, 0) is 18.3 Å². The van der Waals surface area contributed by atoms with Crippen LogP contribution in [0.4, 0.5) is 0 Å². The normalized spacial score (nSPS) is 18.5. The van der Waals surface area contributed by atoms with Gasteiger partial charge in [-0.15, -0.1) is 0 Å². The van der Waals surface area contributed by atoms with Gasteiger partial charge in [0, 0.05) is 25.9 Å². The second-order valence-electron chi connectivity index (χ2n) is 6.43. The van der Waals surface area contributed by atoms with Crippen LogP contribution in [0, 0.1) is 11.3 Å². The van der Waals surface area contributed by atoms with E-state index in [1.165, 1.54) is 6.92 Å².